The van der Waals surface area contributed by atoms with Crippen LogP contribution in [-0.4, -0.2) is 28.2 Å². The van der Waals surface area contributed by atoms with Crippen molar-refractivity contribution in [1.82, 2.24) is 9.88 Å². The fourth-order valence-corrected chi connectivity index (χ4v) is 3.06. The third-order valence-corrected chi connectivity index (χ3v) is 4.63. The Morgan fingerprint density at radius 2 is 2.00 bits per heavy atom. The quantitative estimate of drug-likeness (QED) is 0.825. The predicted molar refractivity (Wildman–Crippen MR) is 92.5 cm³/mol. The number of pyridine rings is 1. The Labute approximate surface area is 144 Å². The molecule has 1 saturated carbocycles. The number of ether oxygens (including phenoxy) is 1. The summed E-state index contributed by atoms with van der Waals surface area (Å²) in [6.45, 7) is 3.40. The predicted octanol–water partition coefficient (Wildman–Crippen LogP) is 1.69. The van der Waals surface area contributed by atoms with Crippen LogP contribution >= 0.6 is 15.9 Å². The lowest BCUT2D eigenvalue weighted by Gasteiger charge is -2.31. The lowest BCUT2D eigenvalue weighted by molar-refractivity contribution is -0.126. The number of carbonyl (C=O) groups excluding carboxylic acids is 1. The van der Waals surface area contributed by atoms with Crippen molar-refractivity contribution in [3.05, 3.63) is 27.1 Å². The number of carbonyl (C=O) groups is 1. The first-order chi connectivity index (χ1) is 10.7. The number of aryl methyl sites for hydroxylation is 1. The van der Waals surface area contributed by atoms with E-state index in [9.17, 15) is 9.59 Å². The molecule has 2 rings (SSSR count). The lowest BCUT2D eigenvalue weighted by atomic mass is 9.92. The molecule has 1 amide bonds. The molecule has 0 aliphatic heterocycles. The number of nitrogens with two attached hydrogens (primary N) is 1. The molecule has 1 aliphatic carbocycles. The minimum absolute atomic E-state index is 0.0532. The highest BCUT2D eigenvalue weighted by molar-refractivity contribution is 9.10. The highest BCUT2D eigenvalue weighted by Gasteiger charge is 2.28. The molecule has 23 heavy (non-hydrogen) atoms. The average Bonchev–Trinajstić information content (AvgIpc) is 2.45. The number of nitrogens with one attached hydrogen (secondary N) is 1. The van der Waals surface area contributed by atoms with Crippen molar-refractivity contribution in [2.75, 3.05) is 0 Å². The van der Waals surface area contributed by atoms with E-state index in [1.54, 1.807) is 27.1 Å². The van der Waals surface area contributed by atoms with Gasteiger partial charge in [-0.15, -0.1) is 0 Å². The van der Waals surface area contributed by atoms with Gasteiger partial charge < -0.3 is 20.4 Å². The van der Waals surface area contributed by atoms with Crippen molar-refractivity contribution in [3.8, 4) is 5.75 Å². The maximum Gasteiger partial charge on any atom is 0.254 e. The summed E-state index contributed by atoms with van der Waals surface area (Å²) in [5.41, 5.74) is 4.83. The van der Waals surface area contributed by atoms with Crippen LogP contribution in [0.1, 0.15) is 39.5 Å². The minimum atomic E-state index is -0.859. The van der Waals surface area contributed by atoms with Crippen LogP contribution < -0.4 is 21.3 Å². The van der Waals surface area contributed by atoms with Crippen molar-refractivity contribution < 1.29 is 9.53 Å². The highest BCUT2D eigenvalue weighted by atomic mass is 79.9. The maximum absolute atomic E-state index is 11.9. The van der Waals surface area contributed by atoms with Gasteiger partial charge in [-0.2, -0.15) is 0 Å². The van der Waals surface area contributed by atoms with Crippen LogP contribution in [0.25, 0.3) is 0 Å². The summed E-state index contributed by atoms with van der Waals surface area (Å²) in [4.78, 5) is 23.6. The van der Waals surface area contributed by atoms with Gasteiger partial charge in [-0.05, 0) is 55.5 Å². The molecule has 0 atom stereocenters. The zero-order valence-corrected chi connectivity index (χ0v) is 15.4. The molecule has 0 saturated heterocycles. The molecule has 1 heterocycles. The first-order valence-corrected chi connectivity index (χ1v) is 8.59. The molecule has 0 spiro atoms. The topological polar surface area (TPSA) is 86.3 Å². The lowest BCUT2D eigenvalue weighted by Crippen LogP contribution is -2.53. The summed E-state index contributed by atoms with van der Waals surface area (Å²) < 4.78 is 8.21. The summed E-state index contributed by atoms with van der Waals surface area (Å²) in [6.07, 6.45) is 5.10. The monoisotopic (exact) mass is 385 g/mol. The number of halogens is 1. The first-order valence-electron chi connectivity index (χ1n) is 7.79. The Hall–Kier alpha value is -1.34. The molecule has 1 aromatic rings. The summed E-state index contributed by atoms with van der Waals surface area (Å²) >= 11 is 3.42. The zero-order valence-electron chi connectivity index (χ0n) is 13.8. The van der Waals surface area contributed by atoms with Crippen molar-refractivity contribution >= 4 is 21.8 Å². The second-order valence-corrected chi connectivity index (χ2v) is 7.58. The Balaban J connectivity index is 1.89. The number of aromatic nitrogens is 1. The standard InChI is InChI=1S/C16H24BrN3O3/c1-16(2,18)15(22)19-10-4-6-11(7-5-10)23-13-8-14(21)20(3)9-12(13)17/h8-11H,4-7,18H2,1-3H3,(H,19,22). The Kier molecular flexibility index (Phi) is 5.52. The number of amides is 1. The van der Waals surface area contributed by atoms with E-state index in [0.29, 0.717) is 5.75 Å². The van der Waals surface area contributed by atoms with E-state index in [2.05, 4.69) is 21.2 Å². The smallest absolute Gasteiger partial charge is 0.254 e. The molecule has 0 bridgehead atoms. The van der Waals surface area contributed by atoms with Gasteiger partial charge in [-0.25, -0.2) is 0 Å². The van der Waals surface area contributed by atoms with E-state index in [0.717, 1.165) is 30.2 Å². The van der Waals surface area contributed by atoms with Crippen LogP contribution in [0.5, 0.6) is 5.75 Å². The Morgan fingerprint density at radius 3 is 2.57 bits per heavy atom. The van der Waals surface area contributed by atoms with Crippen LogP contribution in [0.4, 0.5) is 0 Å². The van der Waals surface area contributed by atoms with Gasteiger partial charge in [-0.1, -0.05) is 0 Å². The summed E-state index contributed by atoms with van der Waals surface area (Å²) in [5.74, 6) is 0.444. The fourth-order valence-electron chi connectivity index (χ4n) is 2.55. The number of nitrogens with zero attached hydrogens (tertiary/aromatic N) is 1. The second kappa shape index (κ2) is 7.05. The fraction of sp³-hybridized carbons (Fsp3) is 0.625. The third-order valence-electron chi connectivity index (χ3n) is 4.03. The molecule has 1 aliphatic rings. The first kappa shape index (κ1) is 18.0. The molecule has 0 aromatic carbocycles. The van der Waals surface area contributed by atoms with E-state index in [-0.39, 0.29) is 23.6 Å². The van der Waals surface area contributed by atoms with Gasteiger partial charge in [0.2, 0.25) is 5.91 Å². The molecule has 0 radical (unpaired) electrons. The van der Waals surface area contributed by atoms with Crippen molar-refractivity contribution in [2.24, 2.45) is 12.8 Å². The van der Waals surface area contributed by atoms with Gasteiger partial charge in [0.05, 0.1) is 16.1 Å². The molecule has 1 fully saturated rings. The largest absolute Gasteiger partial charge is 0.489 e. The van der Waals surface area contributed by atoms with Gasteiger partial charge in [0.15, 0.2) is 0 Å². The van der Waals surface area contributed by atoms with E-state index in [1.807, 2.05) is 0 Å². The molecule has 3 N–H and O–H groups in total. The van der Waals surface area contributed by atoms with Crippen LogP contribution in [0.2, 0.25) is 0 Å². The second-order valence-electron chi connectivity index (χ2n) is 6.72. The highest BCUT2D eigenvalue weighted by Crippen LogP contribution is 2.28. The van der Waals surface area contributed by atoms with Gasteiger partial charge in [0.25, 0.3) is 5.56 Å². The summed E-state index contributed by atoms with van der Waals surface area (Å²) in [7, 11) is 1.70. The normalized spacial score (nSPS) is 21.8. The Morgan fingerprint density at radius 1 is 1.39 bits per heavy atom. The van der Waals surface area contributed by atoms with Gasteiger partial charge >= 0.3 is 0 Å². The average molecular weight is 386 g/mol. The minimum Gasteiger partial charge on any atom is -0.489 e. The van der Waals surface area contributed by atoms with Gasteiger partial charge in [-0.3, -0.25) is 9.59 Å². The van der Waals surface area contributed by atoms with Gasteiger partial charge in [0.1, 0.15) is 5.75 Å². The molecular weight excluding hydrogens is 362 g/mol. The van der Waals surface area contributed by atoms with Crippen molar-refractivity contribution in [3.63, 3.8) is 0 Å². The maximum atomic E-state index is 11.9. The summed E-state index contributed by atoms with van der Waals surface area (Å²) in [5, 5.41) is 2.99. The zero-order chi connectivity index (χ0) is 17.2. The van der Waals surface area contributed by atoms with Crippen LogP contribution in [0, 0.1) is 0 Å². The molecule has 1 aromatic heterocycles. The van der Waals surface area contributed by atoms with Crippen molar-refractivity contribution in [1.29, 1.82) is 0 Å². The number of hydrogen-bond donors (Lipinski definition) is 2. The molecule has 0 unspecified atom stereocenters. The number of rotatable bonds is 4. The molecule has 6 nitrogen and oxygen atoms in total. The van der Waals surface area contributed by atoms with Crippen LogP contribution in [-0.2, 0) is 11.8 Å². The van der Waals surface area contributed by atoms with E-state index in [4.69, 9.17) is 10.5 Å². The molecular formula is C16H24BrN3O3. The third kappa shape index (κ3) is 4.81. The van der Waals surface area contributed by atoms with Crippen LogP contribution in [0.15, 0.2) is 21.5 Å². The van der Waals surface area contributed by atoms with Crippen molar-refractivity contribution in [2.45, 2.75) is 57.2 Å². The van der Waals surface area contributed by atoms with E-state index < -0.39 is 5.54 Å². The molecule has 128 valence electrons. The van der Waals surface area contributed by atoms with E-state index in [1.165, 1.54) is 10.6 Å². The Bertz CT molecular complexity index is 628. The SMILES string of the molecule is Cn1cc(Br)c(OC2CCC(NC(=O)C(C)(C)N)CC2)cc1=O. The molecule has 7 heteroatoms. The van der Waals surface area contributed by atoms with E-state index >= 15 is 0 Å². The number of hydrogen-bond acceptors (Lipinski definition) is 4. The van der Waals surface area contributed by atoms with Crippen LogP contribution in [0.3, 0.4) is 0 Å². The summed E-state index contributed by atoms with van der Waals surface area (Å²) in [6, 6.07) is 1.63. The van der Waals surface area contributed by atoms with Gasteiger partial charge in [0, 0.05) is 25.4 Å².